The summed E-state index contributed by atoms with van der Waals surface area (Å²) in [4.78, 5) is 0. The Morgan fingerprint density at radius 3 is 2.48 bits per heavy atom. The van der Waals surface area contributed by atoms with Crippen molar-refractivity contribution in [2.45, 2.75) is 13.5 Å². The van der Waals surface area contributed by atoms with Crippen molar-refractivity contribution < 1.29 is 9.47 Å². The average molecular weight is 306 g/mol. The van der Waals surface area contributed by atoms with Crippen LogP contribution >= 0.6 is 11.6 Å². The van der Waals surface area contributed by atoms with Crippen LogP contribution in [0.25, 0.3) is 0 Å². The normalized spacial score (nSPS) is 10.4. The van der Waals surface area contributed by atoms with E-state index in [1.807, 2.05) is 55.5 Å². The van der Waals surface area contributed by atoms with Gasteiger partial charge in [-0.25, -0.2) is 0 Å². The number of benzene rings is 2. The minimum atomic E-state index is 0.574. The van der Waals surface area contributed by atoms with Crippen molar-refractivity contribution in [2.24, 2.45) is 0 Å². The Morgan fingerprint density at radius 2 is 1.76 bits per heavy atom. The number of hydrogen-bond acceptors (Lipinski definition) is 3. The van der Waals surface area contributed by atoms with Crippen LogP contribution in [0.2, 0.25) is 5.02 Å². The maximum atomic E-state index is 6.10. The van der Waals surface area contributed by atoms with Crippen LogP contribution in [0.1, 0.15) is 12.5 Å². The number of para-hydroxylation sites is 1. The predicted octanol–water partition coefficient (Wildman–Crippen LogP) is 4.37. The molecule has 0 atom stereocenters. The minimum absolute atomic E-state index is 0.574. The first kappa shape index (κ1) is 15.7. The summed E-state index contributed by atoms with van der Waals surface area (Å²) in [5.74, 6) is 0.858. The molecule has 0 heterocycles. The zero-order valence-corrected chi connectivity index (χ0v) is 12.9. The van der Waals surface area contributed by atoms with Crippen LogP contribution < -0.4 is 10.1 Å². The second kappa shape index (κ2) is 8.55. The van der Waals surface area contributed by atoms with E-state index in [0.29, 0.717) is 13.2 Å². The lowest BCUT2D eigenvalue weighted by molar-refractivity contribution is 0.110. The molecule has 4 heteroatoms. The van der Waals surface area contributed by atoms with Gasteiger partial charge >= 0.3 is 0 Å². The minimum Gasteiger partial charge on any atom is -0.491 e. The van der Waals surface area contributed by atoms with E-state index < -0.39 is 0 Å². The number of halogens is 1. The third-order valence-corrected chi connectivity index (χ3v) is 3.31. The molecule has 21 heavy (non-hydrogen) atoms. The summed E-state index contributed by atoms with van der Waals surface area (Å²) >= 11 is 6.10. The van der Waals surface area contributed by atoms with Crippen LogP contribution in [0.4, 0.5) is 5.69 Å². The molecule has 0 saturated carbocycles. The largest absolute Gasteiger partial charge is 0.491 e. The lowest BCUT2D eigenvalue weighted by Gasteiger charge is -2.10. The summed E-state index contributed by atoms with van der Waals surface area (Å²) in [6.45, 7) is 4.61. The van der Waals surface area contributed by atoms with Gasteiger partial charge < -0.3 is 14.8 Å². The third kappa shape index (κ3) is 5.29. The summed E-state index contributed by atoms with van der Waals surface area (Å²) in [6, 6.07) is 15.7. The molecule has 0 amide bonds. The van der Waals surface area contributed by atoms with Crippen molar-refractivity contribution in [3.05, 3.63) is 59.1 Å². The molecule has 2 aromatic carbocycles. The molecule has 0 spiro atoms. The molecule has 0 aliphatic carbocycles. The molecule has 0 fully saturated rings. The topological polar surface area (TPSA) is 30.5 Å². The fourth-order valence-electron chi connectivity index (χ4n) is 1.87. The molecule has 1 N–H and O–H groups in total. The van der Waals surface area contributed by atoms with Gasteiger partial charge in [0.15, 0.2) is 0 Å². The van der Waals surface area contributed by atoms with Crippen LogP contribution in [-0.4, -0.2) is 19.8 Å². The molecular formula is C17H20ClNO2. The smallest absolute Gasteiger partial charge is 0.119 e. The van der Waals surface area contributed by atoms with E-state index in [0.717, 1.165) is 29.6 Å². The predicted molar refractivity (Wildman–Crippen MR) is 87.2 cm³/mol. The molecule has 0 saturated heterocycles. The lowest BCUT2D eigenvalue weighted by Crippen LogP contribution is -2.06. The maximum absolute atomic E-state index is 6.10. The quantitative estimate of drug-likeness (QED) is 0.735. The summed E-state index contributed by atoms with van der Waals surface area (Å²) in [7, 11) is 0. The number of rotatable bonds is 8. The molecule has 2 rings (SSSR count). The van der Waals surface area contributed by atoms with Crippen LogP contribution in [0.5, 0.6) is 5.75 Å². The second-order valence-corrected chi connectivity index (χ2v) is 4.93. The van der Waals surface area contributed by atoms with Gasteiger partial charge in [-0.2, -0.15) is 0 Å². The molecule has 0 aliphatic rings. The van der Waals surface area contributed by atoms with Crippen molar-refractivity contribution in [1.29, 1.82) is 0 Å². The van der Waals surface area contributed by atoms with Gasteiger partial charge in [0.25, 0.3) is 0 Å². The van der Waals surface area contributed by atoms with Gasteiger partial charge in [0.05, 0.1) is 17.3 Å². The third-order valence-electron chi connectivity index (χ3n) is 2.98. The Kier molecular flexibility index (Phi) is 6.38. The van der Waals surface area contributed by atoms with Gasteiger partial charge in [-0.05, 0) is 36.8 Å². The van der Waals surface area contributed by atoms with Gasteiger partial charge in [-0.1, -0.05) is 35.9 Å². The van der Waals surface area contributed by atoms with Crippen LogP contribution in [0, 0.1) is 0 Å². The highest BCUT2D eigenvalue weighted by Crippen LogP contribution is 2.21. The number of nitrogens with one attached hydrogen (secondary N) is 1. The zero-order valence-electron chi connectivity index (χ0n) is 12.1. The molecule has 0 unspecified atom stereocenters. The van der Waals surface area contributed by atoms with E-state index in [-0.39, 0.29) is 0 Å². The van der Waals surface area contributed by atoms with Gasteiger partial charge in [-0.15, -0.1) is 0 Å². The van der Waals surface area contributed by atoms with Crippen molar-refractivity contribution in [2.75, 3.05) is 25.1 Å². The monoisotopic (exact) mass is 305 g/mol. The Hall–Kier alpha value is -1.71. The highest BCUT2D eigenvalue weighted by atomic mass is 35.5. The Labute approximate surface area is 130 Å². The summed E-state index contributed by atoms with van der Waals surface area (Å²) in [5.41, 5.74) is 2.11. The van der Waals surface area contributed by atoms with Gasteiger partial charge in [0, 0.05) is 13.2 Å². The van der Waals surface area contributed by atoms with E-state index in [2.05, 4.69) is 5.32 Å². The first-order valence-electron chi connectivity index (χ1n) is 7.07. The zero-order chi connectivity index (χ0) is 14.9. The highest BCUT2D eigenvalue weighted by molar-refractivity contribution is 6.33. The Morgan fingerprint density at radius 1 is 1.00 bits per heavy atom. The number of hydrogen-bond donors (Lipinski definition) is 1. The highest BCUT2D eigenvalue weighted by Gasteiger charge is 1.99. The summed E-state index contributed by atoms with van der Waals surface area (Å²) in [5, 5.41) is 4.05. The van der Waals surface area contributed by atoms with E-state index in [1.165, 1.54) is 5.56 Å². The molecule has 0 radical (unpaired) electrons. The second-order valence-electron chi connectivity index (χ2n) is 4.52. The number of anilines is 1. The Bertz CT molecular complexity index is 543. The van der Waals surface area contributed by atoms with E-state index in [1.54, 1.807) is 0 Å². The van der Waals surface area contributed by atoms with Crippen LogP contribution in [0.3, 0.4) is 0 Å². The van der Waals surface area contributed by atoms with Crippen molar-refractivity contribution >= 4 is 17.3 Å². The standard InChI is InChI=1S/C17H20ClNO2/c1-2-20-11-12-21-15-9-7-14(8-10-15)13-19-17-6-4-3-5-16(17)18/h3-10,19H,2,11-13H2,1H3. The van der Waals surface area contributed by atoms with E-state index >= 15 is 0 Å². The molecular weight excluding hydrogens is 286 g/mol. The number of ether oxygens (including phenoxy) is 2. The maximum Gasteiger partial charge on any atom is 0.119 e. The Balaban J connectivity index is 1.81. The van der Waals surface area contributed by atoms with Crippen LogP contribution in [-0.2, 0) is 11.3 Å². The van der Waals surface area contributed by atoms with E-state index in [4.69, 9.17) is 21.1 Å². The molecule has 0 aromatic heterocycles. The first-order chi connectivity index (χ1) is 10.3. The fraction of sp³-hybridized carbons (Fsp3) is 0.294. The van der Waals surface area contributed by atoms with Gasteiger partial charge in [0.1, 0.15) is 12.4 Å². The van der Waals surface area contributed by atoms with Crippen molar-refractivity contribution in [1.82, 2.24) is 0 Å². The van der Waals surface area contributed by atoms with E-state index in [9.17, 15) is 0 Å². The fourth-order valence-corrected chi connectivity index (χ4v) is 2.07. The summed E-state index contributed by atoms with van der Waals surface area (Å²) < 4.78 is 10.8. The van der Waals surface area contributed by atoms with Crippen molar-refractivity contribution in [3.8, 4) is 5.75 Å². The van der Waals surface area contributed by atoms with Gasteiger partial charge in [-0.3, -0.25) is 0 Å². The first-order valence-corrected chi connectivity index (χ1v) is 7.45. The van der Waals surface area contributed by atoms with Crippen LogP contribution in [0.15, 0.2) is 48.5 Å². The molecule has 112 valence electrons. The average Bonchev–Trinajstić information content (AvgIpc) is 2.52. The lowest BCUT2D eigenvalue weighted by atomic mass is 10.2. The molecule has 0 aliphatic heterocycles. The molecule has 2 aromatic rings. The van der Waals surface area contributed by atoms with Gasteiger partial charge in [0.2, 0.25) is 0 Å². The molecule has 3 nitrogen and oxygen atoms in total. The summed E-state index contributed by atoms with van der Waals surface area (Å²) in [6.07, 6.45) is 0. The SMILES string of the molecule is CCOCCOc1ccc(CNc2ccccc2Cl)cc1. The van der Waals surface area contributed by atoms with Crippen molar-refractivity contribution in [3.63, 3.8) is 0 Å². The molecule has 0 bridgehead atoms.